The summed E-state index contributed by atoms with van der Waals surface area (Å²) in [4.78, 5) is 25.6. The molecule has 0 radical (unpaired) electrons. The van der Waals surface area contributed by atoms with Crippen LogP contribution in [0.25, 0.3) is 0 Å². The minimum atomic E-state index is -3.61. The molecule has 166 valence electrons. The van der Waals surface area contributed by atoms with Crippen LogP contribution in [-0.4, -0.2) is 33.3 Å². The fourth-order valence-electron chi connectivity index (χ4n) is 3.01. The predicted octanol–water partition coefficient (Wildman–Crippen LogP) is 2.71. The van der Waals surface area contributed by atoms with Gasteiger partial charge in [0.05, 0.1) is 10.5 Å². The van der Waals surface area contributed by atoms with Gasteiger partial charge in [-0.2, -0.15) is 0 Å². The van der Waals surface area contributed by atoms with Crippen LogP contribution in [0.2, 0.25) is 0 Å². The van der Waals surface area contributed by atoms with Crippen LogP contribution >= 0.6 is 0 Å². The monoisotopic (exact) mass is 455 g/mol. The highest BCUT2D eigenvalue weighted by molar-refractivity contribution is 7.89. The van der Waals surface area contributed by atoms with Gasteiger partial charge in [-0.3, -0.25) is 9.59 Å². The largest absolute Gasteiger partial charge is 0.340 e. The number of nitrogens with one attached hydrogen (secondary N) is 3. The molecule has 9 heteroatoms. The van der Waals surface area contributed by atoms with Gasteiger partial charge in [-0.05, 0) is 49.0 Å². The van der Waals surface area contributed by atoms with E-state index in [1.807, 2.05) is 30.3 Å². The van der Waals surface area contributed by atoms with Crippen molar-refractivity contribution >= 4 is 27.5 Å². The molecule has 1 unspecified atom stereocenters. The molecule has 0 spiro atoms. The zero-order chi connectivity index (χ0) is 23.1. The summed E-state index contributed by atoms with van der Waals surface area (Å²) in [5.74, 6) is -1.93. The molecule has 0 bridgehead atoms. The van der Waals surface area contributed by atoms with Crippen LogP contribution in [0, 0.1) is 5.82 Å². The molecule has 32 heavy (non-hydrogen) atoms. The second-order valence-electron chi connectivity index (χ2n) is 6.92. The lowest BCUT2D eigenvalue weighted by molar-refractivity contribution is -0.118. The smallest absolute Gasteiger partial charge is 0.254 e. The molecule has 0 aliphatic heterocycles. The number of hydrogen-bond donors (Lipinski definition) is 3. The topological polar surface area (TPSA) is 104 Å². The molecule has 0 fully saturated rings. The van der Waals surface area contributed by atoms with Crippen LogP contribution in [0.1, 0.15) is 15.9 Å². The van der Waals surface area contributed by atoms with Crippen molar-refractivity contribution in [1.29, 1.82) is 0 Å². The fourth-order valence-corrected chi connectivity index (χ4v) is 3.74. The Hall–Kier alpha value is -3.56. The molecule has 0 aliphatic rings. The maximum atomic E-state index is 14.0. The molecule has 7 nitrogen and oxygen atoms in total. The molecule has 1 atom stereocenters. The normalized spacial score (nSPS) is 12.1. The van der Waals surface area contributed by atoms with Crippen molar-refractivity contribution in [2.45, 2.75) is 17.4 Å². The maximum absolute atomic E-state index is 14.0. The minimum Gasteiger partial charge on any atom is -0.340 e. The molecule has 3 rings (SSSR count). The first kappa shape index (κ1) is 23.1. The molecule has 0 saturated carbocycles. The van der Waals surface area contributed by atoms with Crippen LogP contribution < -0.4 is 15.4 Å². The van der Waals surface area contributed by atoms with Crippen molar-refractivity contribution < 1.29 is 22.4 Å². The fraction of sp³-hybridized carbons (Fsp3) is 0.130. The van der Waals surface area contributed by atoms with Gasteiger partial charge in [0.15, 0.2) is 0 Å². The van der Waals surface area contributed by atoms with Gasteiger partial charge < -0.3 is 10.6 Å². The Kier molecular flexibility index (Phi) is 7.34. The Labute approximate surface area is 185 Å². The van der Waals surface area contributed by atoms with Crippen LogP contribution in [0.4, 0.5) is 10.1 Å². The molecule has 3 aromatic rings. The van der Waals surface area contributed by atoms with Gasteiger partial charge in [0.2, 0.25) is 15.9 Å². The summed E-state index contributed by atoms with van der Waals surface area (Å²) in [6.45, 7) is 0. The molecule has 2 amide bonds. The van der Waals surface area contributed by atoms with Crippen molar-refractivity contribution in [3.05, 3.63) is 95.8 Å². The second-order valence-corrected chi connectivity index (χ2v) is 8.80. The van der Waals surface area contributed by atoms with E-state index in [4.69, 9.17) is 0 Å². The lowest BCUT2D eigenvalue weighted by Crippen LogP contribution is -2.45. The number of sulfonamides is 1. The number of rotatable bonds is 8. The summed E-state index contributed by atoms with van der Waals surface area (Å²) in [7, 11) is -2.30. The first-order chi connectivity index (χ1) is 15.3. The van der Waals surface area contributed by atoms with Gasteiger partial charge in [-0.15, -0.1) is 0 Å². The van der Waals surface area contributed by atoms with Gasteiger partial charge in [0, 0.05) is 12.1 Å². The average Bonchev–Trinajstić information content (AvgIpc) is 2.80. The lowest BCUT2D eigenvalue weighted by Gasteiger charge is -2.19. The summed E-state index contributed by atoms with van der Waals surface area (Å²) in [5.41, 5.74) is 0.986. The first-order valence-corrected chi connectivity index (χ1v) is 11.2. The summed E-state index contributed by atoms with van der Waals surface area (Å²) >= 11 is 0. The zero-order valence-corrected chi connectivity index (χ0v) is 18.0. The molecule has 3 aromatic carbocycles. The molecule has 0 heterocycles. The maximum Gasteiger partial charge on any atom is 0.254 e. The number of amides is 2. The third-order valence-electron chi connectivity index (χ3n) is 4.72. The Morgan fingerprint density at radius 3 is 2.16 bits per heavy atom. The van der Waals surface area contributed by atoms with Crippen molar-refractivity contribution in [3.63, 3.8) is 0 Å². The van der Waals surface area contributed by atoms with Gasteiger partial charge >= 0.3 is 0 Å². The standard InChI is InChI=1S/C23H22FN3O4S/c1-25-32(30,31)18-13-11-17(12-14-18)26-23(29)21(15-16-7-3-2-4-8-16)27-22(28)19-9-5-6-10-20(19)24/h2-14,21,25H,15H2,1H3,(H,26,29)(H,27,28). The van der Waals surface area contributed by atoms with E-state index in [9.17, 15) is 22.4 Å². The first-order valence-electron chi connectivity index (χ1n) is 9.74. The van der Waals surface area contributed by atoms with Gasteiger partial charge in [0.1, 0.15) is 11.9 Å². The van der Waals surface area contributed by atoms with Crippen LogP contribution in [0.5, 0.6) is 0 Å². The Morgan fingerprint density at radius 1 is 0.906 bits per heavy atom. The predicted molar refractivity (Wildman–Crippen MR) is 119 cm³/mol. The van der Waals surface area contributed by atoms with Gasteiger partial charge in [-0.1, -0.05) is 42.5 Å². The Morgan fingerprint density at radius 2 is 1.53 bits per heavy atom. The van der Waals surface area contributed by atoms with E-state index in [0.29, 0.717) is 5.69 Å². The molecular formula is C23H22FN3O4S. The number of anilines is 1. The number of carbonyl (C=O) groups excluding carboxylic acids is 2. The van der Waals surface area contributed by atoms with E-state index in [1.54, 1.807) is 0 Å². The number of halogens is 1. The molecule has 0 aliphatic carbocycles. The van der Waals surface area contributed by atoms with Crippen LogP contribution in [0.15, 0.2) is 83.8 Å². The summed E-state index contributed by atoms with van der Waals surface area (Å²) in [6, 6.07) is 19.2. The highest BCUT2D eigenvalue weighted by Crippen LogP contribution is 2.15. The van der Waals surface area contributed by atoms with E-state index in [0.717, 1.165) is 5.56 Å². The molecule has 3 N–H and O–H groups in total. The molecule has 0 aromatic heterocycles. The van der Waals surface area contributed by atoms with E-state index in [2.05, 4.69) is 15.4 Å². The SMILES string of the molecule is CNS(=O)(=O)c1ccc(NC(=O)C(Cc2ccccc2)NC(=O)c2ccccc2F)cc1. The van der Waals surface area contributed by atoms with Crippen molar-refractivity contribution in [3.8, 4) is 0 Å². The molecule has 0 saturated heterocycles. The van der Waals surface area contributed by atoms with E-state index in [1.165, 1.54) is 55.6 Å². The number of benzene rings is 3. The summed E-state index contributed by atoms with van der Waals surface area (Å²) in [6.07, 6.45) is 0.180. The van der Waals surface area contributed by atoms with E-state index in [-0.39, 0.29) is 16.9 Å². The van der Waals surface area contributed by atoms with E-state index < -0.39 is 33.7 Å². The third kappa shape index (κ3) is 5.77. The quantitative estimate of drug-likeness (QED) is 0.486. The van der Waals surface area contributed by atoms with Crippen LogP contribution in [-0.2, 0) is 21.2 Å². The van der Waals surface area contributed by atoms with Crippen LogP contribution in [0.3, 0.4) is 0 Å². The lowest BCUT2D eigenvalue weighted by atomic mass is 10.0. The highest BCUT2D eigenvalue weighted by Gasteiger charge is 2.23. The highest BCUT2D eigenvalue weighted by atomic mass is 32.2. The van der Waals surface area contributed by atoms with Gasteiger partial charge in [-0.25, -0.2) is 17.5 Å². The number of carbonyl (C=O) groups is 2. The Balaban J connectivity index is 1.80. The summed E-state index contributed by atoms with van der Waals surface area (Å²) < 4.78 is 39.9. The Bertz CT molecular complexity index is 1200. The third-order valence-corrected chi connectivity index (χ3v) is 6.15. The van der Waals surface area contributed by atoms with Crippen molar-refractivity contribution in [1.82, 2.24) is 10.0 Å². The second kappa shape index (κ2) is 10.2. The zero-order valence-electron chi connectivity index (χ0n) is 17.2. The summed E-state index contributed by atoms with van der Waals surface area (Å²) in [5, 5.41) is 5.26. The molecular weight excluding hydrogens is 433 g/mol. The van der Waals surface area contributed by atoms with Crippen molar-refractivity contribution in [2.75, 3.05) is 12.4 Å². The number of hydrogen-bond acceptors (Lipinski definition) is 4. The minimum absolute atomic E-state index is 0.0479. The van der Waals surface area contributed by atoms with E-state index >= 15 is 0 Å². The van der Waals surface area contributed by atoms with Gasteiger partial charge in [0.25, 0.3) is 5.91 Å². The van der Waals surface area contributed by atoms with Crippen molar-refractivity contribution in [2.24, 2.45) is 0 Å². The average molecular weight is 456 g/mol.